The van der Waals surface area contributed by atoms with E-state index in [1.54, 1.807) is 0 Å². The molecule has 0 unspecified atom stereocenters. The van der Waals surface area contributed by atoms with Crippen molar-refractivity contribution in [3.63, 3.8) is 0 Å². The van der Waals surface area contributed by atoms with Gasteiger partial charge in [-0.2, -0.15) is 0 Å². The average molecular weight is 143 g/mol. The molecule has 0 bridgehead atoms. The Labute approximate surface area is 62.9 Å². The average Bonchev–Trinajstić information content (AvgIpc) is 1.78. The molecule has 0 saturated heterocycles. The molecule has 0 aliphatic carbocycles. The van der Waals surface area contributed by atoms with E-state index in [1.807, 2.05) is 6.08 Å². The number of rotatable bonds is 3. The van der Waals surface area contributed by atoms with Crippen LogP contribution in [-0.4, -0.2) is 11.8 Å². The van der Waals surface area contributed by atoms with E-state index in [0.717, 1.165) is 6.42 Å². The van der Waals surface area contributed by atoms with Gasteiger partial charge in [0, 0.05) is 6.54 Å². The minimum atomic E-state index is 0.353. The molecule has 0 aromatic carbocycles. The summed E-state index contributed by atoms with van der Waals surface area (Å²) < 4.78 is 0. The van der Waals surface area contributed by atoms with Crippen LogP contribution >= 0.6 is 0 Å². The van der Waals surface area contributed by atoms with E-state index in [1.165, 1.54) is 0 Å². The van der Waals surface area contributed by atoms with Gasteiger partial charge >= 0.3 is 0 Å². The topological polar surface area (TPSA) is 32.3 Å². The fourth-order valence-electron chi connectivity index (χ4n) is 0.573. The molecule has 2 N–H and O–H groups in total. The lowest BCUT2D eigenvalue weighted by Gasteiger charge is -2.14. The minimum Gasteiger partial charge on any atom is -0.317 e. The third-order valence-electron chi connectivity index (χ3n) is 1.11. The highest BCUT2D eigenvalue weighted by molar-refractivity contribution is 4.86. The number of hydrogen-bond donors (Lipinski definition) is 2. The molecule has 2 heteroatoms. The van der Waals surface area contributed by atoms with Crippen LogP contribution in [0.3, 0.4) is 0 Å². The Morgan fingerprint density at radius 1 is 1.30 bits per heavy atom. The van der Waals surface area contributed by atoms with Crippen molar-refractivity contribution in [3.05, 3.63) is 12.2 Å². The maximum atomic E-state index is 8.19. The maximum Gasteiger partial charge on any atom is 0.0388 e. The van der Waals surface area contributed by atoms with E-state index in [2.05, 4.69) is 32.3 Å². The van der Waals surface area contributed by atoms with Crippen LogP contribution in [0, 0.1) is 5.41 Å². The van der Waals surface area contributed by atoms with Crippen molar-refractivity contribution in [2.75, 3.05) is 6.54 Å². The molecule has 0 aliphatic rings. The summed E-state index contributed by atoms with van der Waals surface area (Å²) in [6, 6.07) is 0. The van der Waals surface area contributed by atoms with Crippen molar-refractivity contribution >= 4 is 0 Å². The molecule has 0 aromatic heterocycles. The minimum absolute atomic E-state index is 0.353. The van der Waals surface area contributed by atoms with Crippen LogP contribution < -0.4 is 5.48 Å². The second-order valence-corrected chi connectivity index (χ2v) is 3.60. The first-order valence-corrected chi connectivity index (χ1v) is 3.58. The molecule has 0 amide bonds. The zero-order valence-electron chi connectivity index (χ0n) is 7.02. The van der Waals surface area contributed by atoms with Gasteiger partial charge in [0.25, 0.3) is 0 Å². The highest BCUT2D eigenvalue weighted by atomic mass is 16.5. The SMILES string of the molecule is CC(C)(C)C/C=C\CNO. The van der Waals surface area contributed by atoms with Crippen LogP contribution in [0.1, 0.15) is 27.2 Å². The smallest absolute Gasteiger partial charge is 0.0388 e. The molecule has 10 heavy (non-hydrogen) atoms. The highest BCUT2D eigenvalue weighted by Gasteiger charge is 2.05. The van der Waals surface area contributed by atoms with Crippen LogP contribution in [0.15, 0.2) is 12.2 Å². The van der Waals surface area contributed by atoms with Gasteiger partial charge in [0.05, 0.1) is 0 Å². The highest BCUT2D eigenvalue weighted by Crippen LogP contribution is 2.18. The molecule has 0 radical (unpaired) electrons. The summed E-state index contributed by atoms with van der Waals surface area (Å²) >= 11 is 0. The third-order valence-corrected chi connectivity index (χ3v) is 1.11. The molecular formula is C8H17NO. The monoisotopic (exact) mass is 143 g/mol. The first-order valence-electron chi connectivity index (χ1n) is 3.58. The van der Waals surface area contributed by atoms with Gasteiger partial charge in [-0.1, -0.05) is 32.9 Å². The second-order valence-electron chi connectivity index (χ2n) is 3.60. The van der Waals surface area contributed by atoms with Gasteiger partial charge < -0.3 is 5.21 Å². The third kappa shape index (κ3) is 7.66. The summed E-state index contributed by atoms with van der Waals surface area (Å²) in [6.45, 7) is 7.09. The fraction of sp³-hybridized carbons (Fsp3) is 0.750. The standard InChI is InChI=1S/C8H17NO/c1-8(2,3)6-4-5-7-9-10/h4-5,9-10H,6-7H2,1-3H3/b5-4-. The molecule has 2 nitrogen and oxygen atoms in total. The predicted molar refractivity (Wildman–Crippen MR) is 43.0 cm³/mol. The van der Waals surface area contributed by atoms with Crippen LogP contribution in [0.4, 0.5) is 0 Å². The Hall–Kier alpha value is -0.340. The largest absolute Gasteiger partial charge is 0.317 e. The van der Waals surface area contributed by atoms with Gasteiger partial charge in [-0.15, -0.1) is 0 Å². The van der Waals surface area contributed by atoms with Gasteiger partial charge in [-0.05, 0) is 11.8 Å². The normalized spacial score (nSPS) is 12.8. The van der Waals surface area contributed by atoms with E-state index in [-0.39, 0.29) is 0 Å². The molecule has 0 atom stereocenters. The fourth-order valence-corrected chi connectivity index (χ4v) is 0.573. The van der Waals surface area contributed by atoms with Gasteiger partial charge in [-0.3, -0.25) is 0 Å². The van der Waals surface area contributed by atoms with Crippen molar-refractivity contribution in [3.8, 4) is 0 Å². The lowest BCUT2D eigenvalue weighted by molar-refractivity contribution is 0.179. The lowest BCUT2D eigenvalue weighted by Crippen LogP contribution is -2.06. The zero-order chi connectivity index (χ0) is 8.04. The maximum absolute atomic E-state index is 8.19. The number of allylic oxidation sites excluding steroid dienone is 1. The summed E-state index contributed by atoms with van der Waals surface area (Å²) in [4.78, 5) is 0. The van der Waals surface area contributed by atoms with Crippen LogP contribution in [0.2, 0.25) is 0 Å². The summed E-state index contributed by atoms with van der Waals surface area (Å²) in [7, 11) is 0. The van der Waals surface area contributed by atoms with E-state index in [9.17, 15) is 0 Å². The molecular weight excluding hydrogens is 126 g/mol. The summed E-state index contributed by atoms with van der Waals surface area (Å²) in [5.41, 5.74) is 2.42. The molecule has 0 aromatic rings. The van der Waals surface area contributed by atoms with Gasteiger partial charge in [-0.25, -0.2) is 5.48 Å². The van der Waals surface area contributed by atoms with Crippen molar-refractivity contribution in [1.29, 1.82) is 0 Å². The van der Waals surface area contributed by atoms with Gasteiger partial charge in [0.2, 0.25) is 0 Å². The Balaban J connectivity index is 3.34. The Kier molecular flexibility index (Phi) is 4.32. The second kappa shape index (κ2) is 4.47. The number of hydrogen-bond acceptors (Lipinski definition) is 2. The molecule has 0 spiro atoms. The van der Waals surface area contributed by atoms with Crippen LogP contribution in [0.25, 0.3) is 0 Å². The Morgan fingerprint density at radius 3 is 2.30 bits per heavy atom. The van der Waals surface area contributed by atoms with Gasteiger partial charge in [0.1, 0.15) is 0 Å². The molecule has 60 valence electrons. The van der Waals surface area contributed by atoms with Crippen LogP contribution in [0.5, 0.6) is 0 Å². The van der Waals surface area contributed by atoms with Crippen LogP contribution in [-0.2, 0) is 0 Å². The lowest BCUT2D eigenvalue weighted by atomic mass is 9.92. The molecule has 0 heterocycles. The number of hydroxylamine groups is 1. The zero-order valence-corrected chi connectivity index (χ0v) is 7.02. The van der Waals surface area contributed by atoms with Crippen molar-refractivity contribution < 1.29 is 5.21 Å². The molecule has 0 rings (SSSR count). The Morgan fingerprint density at radius 2 is 1.90 bits per heavy atom. The Bertz CT molecular complexity index is 102. The van der Waals surface area contributed by atoms with Crippen molar-refractivity contribution in [2.45, 2.75) is 27.2 Å². The molecule has 0 aliphatic heterocycles. The predicted octanol–water partition coefficient (Wildman–Crippen LogP) is 1.96. The number of nitrogens with one attached hydrogen (secondary N) is 1. The quantitative estimate of drug-likeness (QED) is 0.467. The van der Waals surface area contributed by atoms with E-state index in [0.29, 0.717) is 12.0 Å². The summed E-state index contributed by atoms with van der Waals surface area (Å²) in [5, 5.41) is 8.19. The van der Waals surface area contributed by atoms with E-state index >= 15 is 0 Å². The van der Waals surface area contributed by atoms with E-state index < -0.39 is 0 Å². The molecule has 0 saturated carbocycles. The first kappa shape index (κ1) is 9.66. The van der Waals surface area contributed by atoms with Gasteiger partial charge in [0.15, 0.2) is 0 Å². The van der Waals surface area contributed by atoms with Crippen molar-refractivity contribution in [2.24, 2.45) is 5.41 Å². The first-order chi connectivity index (χ1) is 4.56. The molecule has 0 fully saturated rings. The summed E-state index contributed by atoms with van der Waals surface area (Å²) in [6.07, 6.45) is 5.04. The summed E-state index contributed by atoms with van der Waals surface area (Å²) in [5.74, 6) is 0. The van der Waals surface area contributed by atoms with Crippen molar-refractivity contribution in [1.82, 2.24) is 5.48 Å². The van der Waals surface area contributed by atoms with E-state index in [4.69, 9.17) is 5.21 Å².